The third kappa shape index (κ3) is 3.50. The molecule has 2 rings (SSSR count). The summed E-state index contributed by atoms with van der Waals surface area (Å²) in [5.41, 5.74) is 0.0953. The molecule has 1 aliphatic rings. The van der Waals surface area contributed by atoms with Crippen LogP contribution in [-0.2, 0) is 4.74 Å². The zero-order valence-corrected chi connectivity index (χ0v) is 13.5. The smallest absolute Gasteiger partial charge is 0.416 e. The summed E-state index contributed by atoms with van der Waals surface area (Å²) in [4.78, 5) is 13.7. The van der Waals surface area contributed by atoms with E-state index in [1.54, 1.807) is 0 Å². The Morgan fingerprint density at radius 1 is 1.17 bits per heavy atom. The number of hydrogen-bond acceptors (Lipinski definition) is 5. The fourth-order valence-corrected chi connectivity index (χ4v) is 2.47. The van der Waals surface area contributed by atoms with Crippen molar-refractivity contribution in [3.63, 3.8) is 0 Å². The molecular formula is C15H18F3NO5. The van der Waals surface area contributed by atoms with E-state index in [4.69, 9.17) is 18.9 Å². The first-order chi connectivity index (χ1) is 11.3. The van der Waals surface area contributed by atoms with E-state index in [1.807, 2.05) is 0 Å². The van der Waals surface area contributed by atoms with Gasteiger partial charge >= 0.3 is 6.18 Å². The highest BCUT2D eigenvalue weighted by atomic mass is 19.4. The van der Waals surface area contributed by atoms with Crippen LogP contribution in [-0.4, -0.2) is 64.1 Å². The highest BCUT2D eigenvalue weighted by Gasteiger charge is 2.44. The van der Waals surface area contributed by atoms with Crippen LogP contribution in [0.3, 0.4) is 0 Å². The van der Waals surface area contributed by atoms with Gasteiger partial charge in [0, 0.05) is 6.54 Å². The molecule has 0 spiro atoms. The van der Waals surface area contributed by atoms with Crippen LogP contribution < -0.4 is 14.2 Å². The van der Waals surface area contributed by atoms with E-state index < -0.39 is 24.7 Å². The number of hydrogen-bond donors (Lipinski definition) is 0. The molecular weight excluding hydrogens is 331 g/mol. The summed E-state index contributed by atoms with van der Waals surface area (Å²) >= 11 is 0. The maximum absolute atomic E-state index is 12.8. The normalized spacial score (nSPS) is 18.2. The molecule has 1 aromatic carbocycles. The molecule has 134 valence electrons. The van der Waals surface area contributed by atoms with Crippen molar-refractivity contribution in [2.45, 2.75) is 12.3 Å². The van der Waals surface area contributed by atoms with Crippen molar-refractivity contribution in [3.05, 3.63) is 17.7 Å². The Kier molecular flexibility index (Phi) is 5.43. The highest BCUT2D eigenvalue weighted by Crippen LogP contribution is 2.40. The summed E-state index contributed by atoms with van der Waals surface area (Å²) in [7, 11) is 4.14. The van der Waals surface area contributed by atoms with Gasteiger partial charge in [0.1, 0.15) is 0 Å². The first kappa shape index (κ1) is 18.2. The van der Waals surface area contributed by atoms with Crippen molar-refractivity contribution in [3.8, 4) is 17.2 Å². The second-order valence-electron chi connectivity index (χ2n) is 5.03. The summed E-state index contributed by atoms with van der Waals surface area (Å²) in [5, 5.41) is 0. The van der Waals surface area contributed by atoms with Gasteiger partial charge in [0.25, 0.3) is 5.91 Å². The molecule has 0 radical (unpaired) electrons. The molecule has 9 heteroatoms. The number of benzene rings is 1. The van der Waals surface area contributed by atoms with Crippen molar-refractivity contribution >= 4 is 5.91 Å². The van der Waals surface area contributed by atoms with Gasteiger partial charge in [-0.25, -0.2) is 0 Å². The molecule has 1 aromatic rings. The minimum Gasteiger partial charge on any atom is -0.493 e. The average Bonchev–Trinajstić information content (AvgIpc) is 2.58. The Bertz CT molecular complexity index is 606. The Labute approximate surface area is 137 Å². The maximum Gasteiger partial charge on any atom is 0.416 e. The van der Waals surface area contributed by atoms with Gasteiger partial charge in [0.2, 0.25) is 5.75 Å². The van der Waals surface area contributed by atoms with E-state index in [0.29, 0.717) is 5.75 Å². The van der Waals surface area contributed by atoms with Gasteiger partial charge in [-0.2, -0.15) is 13.2 Å². The highest BCUT2D eigenvalue weighted by molar-refractivity contribution is 5.98. The van der Waals surface area contributed by atoms with Crippen molar-refractivity contribution in [2.24, 2.45) is 0 Å². The van der Waals surface area contributed by atoms with Gasteiger partial charge in [0.05, 0.1) is 40.0 Å². The van der Waals surface area contributed by atoms with Crippen molar-refractivity contribution in [1.29, 1.82) is 0 Å². The number of amides is 1. The van der Waals surface area contributed by atoms with Gasteiger partial charge in [-0.15, -0.1) is 0 Å². The average molecular weight is 349 g/mol. The van der Waals surface area contributed by atoms with Gasteiger partial charge in [-0.3, -0.25) is 4.79 Å². The van der Waals surface area contributed by atoms with Crippen molar-refractivity contribution in [2.75, 3.05) is 41.0 Å². The van der Waals surface area contributed by atoms with Crippen LogP contribution in [0.15, 0.2) is 12.1 Å². The SMILES string of the molecule is COc1ccc(C(=O)N2CCOC(C(F)(F)F)C2)c(OC)c1OC. The van der Waals surface area contributed by atoms with E-state index in [2.05, 4.69) is 0 Å². The number of morpholine rings is 1. The predicted octanol–water partition coefficient (Wildman–Crippen LogP) is 2.12. The Balaban J connectivity index is 2.32. The number of carbonyl (C=O) groups excluding carboxylic acids is 1. The number of rotatable bonds is 4. The molecule has 1 amide bonds. The molecule has 0 bridgehead atoms. The number of carbonyl (C=O) groups is 1. The number of nitrogens with zero attached hydrogens (tertiary/aromatic N) is 1. The Hall–Kier alpha value is -2.16. The summed E-state index contributed by atoms with van der Waals surface area (Å²) < 4.78 is 58.7. The largest absolute Gasteiger partial charge is 0.493 e. The van der Waals surface area contributed by atoms with Crippen LogP contribution in [0.2, 0.25) is 0 Å². The molecule has 24 heavy (non-hydrogen) atoms. The van der Waals surface area contributed by atoms with E-state index in [0.717, 1.165) is 4.90 Å². The quantitative estimate of drug-likeness (QED) is 0.833. The molecule has 1 heterocycles. The fourth-order valence-electron chi connectivity index (χ4n) is 2.47. The lowest BCUT2D eigenvalue weighted by Crippen LogP contribution is -2.51. The standard InChI is InChI=1S/C15H18F3NO5/c1-21-10-5-4-9(12(22-2)13(10)23-3)14(20)19-6-7-24-11(8-19)15(16,17)18/h4-5,11H,6-8H2,1-3H3. The summed E-state index contributed by atoms with van der Waals surface area (Å²) in [6.07, 6.45) is -6.53. The third-order valence-corrected chi connectivity index (χ3v) is 3.65. The molecule has 1 aliphatic heterocycles. The first-order valence-electron chi connectivity index (χ1n) is 7.10. The topological polar surface area (TPSA) is 57.2 Å². The van der Waals surface area contributed by atoms with Gasteiger partial charge < -0.3 is 23.8 Å². The first-order valence-corrected chi connectivity index (χ1v) is 7.10. The number of ether oxygens (including phenoxy) is 4. The Morgan fingerprint density at radius 3 is 2.38 bits per heavy atom. The van der Waals surface area contributed by atoms with E-state index in [9.17, 15) is 18.0 Å². The second kappa shape index (κ2) is 7.16. The monoisotopic (exact) mass is 349 g/mol. The van der Waals surface area contributed by atoms with E-state index in [1.165, 1.54) is 33.5 Å². The molecule has 0 aromatic heterocycles. The predicted molar refractivity (Wildman–Crippen MR) is 77.8 cm³/mol. The van der Waals surface area contributed by atoms with Crippen LogP contribution in [0.1, 0.15) is 10.4 Å². The van der Waals surface area contributed by atoms with Crippen molar-refractivity contribution < 1.29 is 36.9 Å². The molecule has 0 saturated carbocycles. The minimum atomic E-state index is -4.53. The lowest BCUT2D eigenvalue weighted by Gasteiger charge is -2.34. The van der Waals surface area contributed by atoms with Gasteiger partial charge in [0.15, 0.2) is 17.6 Å². The van der Waals surface area contributed by atoms with Crippen LogP contribution in [0, 0.1) is 0 Å². The maximum atomic E-state index is 12.8. The van der Waals surface area contributed by atoms with E-state index >= 15 is 0 Å². The summed E-state index contributed by atoms with van der Waals surface area (Å²) in [5.74, 6) is 0.0646. The van der Waals surface area contributed by atoms with Crippen LogP contribution in [0.4, 0.5) is 13.2 Å². The molecule has 1 fully saturated rings. The molecule has 0 aliphatic carbocycles. The molecule has 1 atom stereocenters. The second-order valence-corrected chi connectivity index (χ2v) is 5.03. The van der Waals surface area contributed by atoms with Crippen LogP contribution in [0.5, 0.6) is 17.2 Å². The summed E-state index contributed by atoms with van der Waals surface area (Å²) in [6, 6.07) is 2.93. The van der Waals surface area contributed by atoms with Crippen LogP contribution >= 0.6 is 0 Å². The summed E-state index contributed by atoms with van der Waals surface area (Å²) in [6.45, 7) is -0.700. The molecule has 0 N–H and O–H groups in total. The zero-order valence-electron chi connectivity index (χ0n) is 13.5. The third-order valence-electron chi connectivity index (χ3n) is 3.65. The fraction of sp³-hybridized carbons (Fsp3) is 0.533. The number of halogens is 3. The van der Waals surface area contributed by atoms with Gasteiger partial charge in [-0.05, 0) is 12.1 Å². The van der Waals surface area contributed by atoms with E-state index in [-0.39, 0.29) is 30.2 Å². The van der Waals surface area contributed by atoms with Crippen molar-refractivity contribution in [1.82, 2.24) is 4.90 Å². The lowest BCUT2D eigenvalue weighted by atomic mass is 10.1. The molecule has 1 saturated heterocycles. The molecule has 1 unspecified atom stereocenters. The van der Waals surface area contributed by atoms with Crippen LogP contribution in [0.25, 0.3) is 0 Å². The number of methoxy groups -OCH3 is 3. The minimum absolute atomic E-state index is 0.0584. The zero-order chi connectivity index (χ0) is 17.9. The lowest BCUT2D eigenvalue weighted by molar-refractivity contribution is -0.233. The number of alkyl halides is 3. The van der Waals surface area contributed by atoms with Gasteiger partial charge in [-0.1, -0.05) is 0 Å². The Morgan fingerprint density at radius 2 is 1.83 bits per heavy atom. The molecule has 6 nitrogen and oxygen atoms in total.